The Bertz CT molecular complexity index is 6580. The van der Waals surface area contributed by atoms with Gasteiger partial charge in [-0.2, -0.15) is 0 Å². The van der Waals surface area contributed by atoms with Crippen LogP contribution < -0.4 is 33.2 Å². The molecule has 0 spiro atoms. The number of hydrogen-bond acceptors (Lipinski definition) is 16. The van der Waals surface area contributed by atoms with Crippen LogP contribution >= 0.6 is 0 Å². The van der Waals surface area contributed by atoms with Gasteiger partial charge in [-0.25, -0.2) is 4.79 Å². The van der Waals surface area contributed by atoms with Crippen molar-refractivity contribution in [3.05, 3.63) is 333 Å². The van der Waals surface area contributed by atoms with Crippen LogP contribution in [-0.2, 0) is 88.3 Å². The van der Waals surface area contributed by atoms with Gasteiger partial charge in [-0.3, -0.25) is 24.0 Å². The second-order valence-electron chi connectivity index (χ2n) is 50.9. The van der Waals surface area contributed by atoms with Crippen LogP contribution in [0.3, 0.4) is 0 Å². The van der Waals surface area contributed by atoms with Gasteiger partial charge in [0.05, 0.1) is 12.2 Å². The van der Waals surface area contributed by atoms with Gasteiger partial charge >= 0.3 is 35.8 Å². The van der Waals surface area contributed by atoms with E-state index >= 15 is 0 Å². The second-order valence-corrected chi connectivity index (χ2v) is 50.9. The van der Waals surface area contributed by atoms with Gasteiger partial charge in [-0.1, -0.05) is 373 Å². The monoisotopic (exact) mass is 1960 g/mol. The largest absolute Gasteiger partial charge is 0.507 e. The molecule has 5 heterocycles. The van der Waals surface area contributed by atoms with E-state index in [9.17, 15) is 39.0 Å². The number of aryl methyl sites for hydroxylation is 2. The average Bonchev–Trinajstić information content (AvgIpc) is 1.63. The first-order valence-electron chi connectivity index (χ1n) is 51.7. The van der Waals surface area contributed by atoms with Crippen molar-refractivity contribution in [1.82, 2.24) is 0 Å². The van der Waals surface area contributed by atoms with E-state index in [0.717, 1.165) is 132 Å². The molecule has 17 rings (SSSR count). The average molecular weight is 1960 g/mol. The lowest BCUT2D eigenvalue weighted by Gasteiger charge is -2.41. The normalized spacial score (nSPS) is 17.6. The molecule has 2 N–H and O–H groups in total. The summed E-state index contributed by atoms with van der Waals surface area (Å²) in [5, 5.41) is 21.1. The van der Waals surface area contributed by atoms with E-state index in [1.54, 1.807) is 12.1 Å². The van der Waals surface area contributed by atoms with Gasteiger partial charge in [0.1, 0.15) is 94.5 Å². The summed E-state index contributed by atoms with van der Waals surface area (Å²) in [6.07, 6.45) is 5.40. The molecule has 145 heavy (non-hydrogen) atoms. The number of rotatable bonds is 14. The molecule has 0 aromatic heterocycles. The van der Waals surface area contributed by atoms with E-state index < -0.39 is 29.6 Å². The predicted octanol–water partition coefficient (Wildman–Crippen LogP) is 29.9. The Hall–Kier alpha value is -12.6. The van der Waals surface area contributed by atoms with Crippen LogP contribution in [0.25, 0.3) is 0 Å². The first-order chi connectivity index (χ1) is 67.3. The Morgan fingerprint density at radius 1 is 0.303 bits per heavy atom. The van der Waals surface area contributed by atoms with Crippen LogP contribution in [0.1, 0.15) is 420 Å². The maximum Gasteiger partial charge on any atom is 0.338 e. The quantitative estimate of drug-likeness (QED) is 0.0588. The minimum Gasteiger partial charge on any atom is -0.507 e. The molecule has 11 aromatic carbocycles. The van der Waals surface area contributed by atoms with Crippen molar-refractivity contribution >= 4 is 35.8 Å². The highest BCUT2D eigenvalue weighted by molar-refractivity contribution is 5.95. The van der Waals surface area contributed by atoms with Crippen LogP contribution in [0, 0.1) is 13.8 Å². The summed E-state index contributed by atoms with van der Waals surface area (Å²) < 4.78 is 46.7. The van der Waals surface area contributed by atoms with Gasteiger partial charge in [0.15, 0.2) is 0 Å². The van der Waals surface area contributed by atoms with Crippen molar-refractivity contribution in [2.75, 3.05) is 19.8 Å². The van der Waals surface area contributed by atoms with E-state index in [1.807, 2.05) is 184 Å². The van der Waals surface area contributed by atoms with Crippen LogP contribution in [0.2, 0.25) is 0 Å². The van der Waals surface area contributed by atoms with Crippen molar-refractivity contribution in [2.45, 2.75) is 350 Å². The number of ether oxygens (including phenoxy) is 8. The Morgan fingerprint density at radius 2 is 0.579 bits per heavy atom. The van der Waals surface area contributed by atoms with Gasteiger partial charge in [0.2, 0.25) is 0 Å². The number of benzene rings is 11. The lowest BCUT2D eigenvalue weighted by molar-refractivity contribution is -0.134. The second kappa shape index (κ2) is 40.0. The SMILES string of the molecule is CC(C)(C)c1cc(C2(c3cc4c(c(C(C)(C)C)c3)OC(=O)C4c3ccccc3)CCCCC2)cc2c1OC(=O)C2c1ccccc1.CC(C)(C)c1cc2c(c(C(C)(C)C)c1)OC(=O)C2c1ccc(OCCOC(=O)c2cc(C(C)(C)C)c(O)c(C(C)(C)C)c2)cc1.CCOc1ccc(C2C(=O)Oc3c2cc(C(C)(C)C)cc3C(C)(C)C)cc1.Cc1cc(C2C(=O)Oc3c2cc(C(C)(C)C)cc3C(C)(C)C)cc(C)c1O. The number of fused-ring (bicyclic) bond motifs is 5. The summed E-state index contributed by atoms with van der Waals surface area (Å²) in [7, 11) is 0. The van der Waals surface area contributed by atoms with E-state index in [2.05, 4.69) is 227 Å². The lowest BCUT2D eigenvalue weighted by Crippen LogP contribution is -2.32. The van der Waals surface area contributed by atoms with Crippen LogP contribution in [0.5, 0.6) is 51.7 Å². The van der Waals surface area contributed by atoms with Crippen LogP contribution in [-0.4, -0.2) is 65.8 Å². The molecule has 5 aliphatic heterocycles. The molecule has 0 amide bonds. The molecule has 5 unspecified atom stereocenters. The number of phenols is 2. The van der Waals surface area contributed by atoms with E-state index in [1.165, 1.54) is 34.2 Å². The molecule has 0 saturated heterocycles. The third-order valence-electron chi connectivity index (χ3n) is 29.2. The van der Waals surface area contributed by atoms with Crippen molar-refractivity contribution in [1.29, 1.82) is 0 Å². The van der Waals surface area contributed by atoms with Gasteiger partial charge in [-0.15, -0.1) is 0 Å². The maximum absolute atomic E-state index is 13.6. The summed E-state index contributed by atoms with van der Waals surface area (Å²) in [4.78, 5) is 79.1. The highest BCUT2D eigenvalue weighted by Gasteiger charge is 2.49. The lowest BCUT2D eigenvalue weighted by atomic mass is 9.63. The minimum absolute atomic E-state index is 0.00988. The Morgan fingerprint density at radius 3 is 0.869 bits per heavy atom. The molecule has 1 saturated carbocycles. The van der Waals surface area contributed by atoms with Gasteiger partial charge in [0.25, 0.3) is 0 Å². The number of carbonyl (C=O) groups excluding carboxylic acids is 6. The third-order valence-corrected chi connectivity index (χ3v) is 29.2. The molecule has 16 nitrogen and oxygen atoms in total. The number of esters is 6. The summed E-state index contributed by atoms with van der Waals surface area (Å²) in [6, 6.07) is 64.6. The zero-order valence-electron chi connectivity index (χ0n) is 92.1. The van der Waals surface area contributed by atoms with Crippen molar-refractivity contribution in [2.24, 2.45) is 0 Å². The number of aromatic hydroxyl groups is 2. The molecule has 6 aliphatic rings. The summed E-state index contributed by atoms with van der Waals surface area (Å²) >= 11 is 0. The fraction of sp³-hybridized carbons (Fsp3) is 0.442. The zero-order valence-corrected chi connectivity index (χ0v) is 92.1. The molecule has 1 fully saturated rings. The molecule has 11 aromatic rings. The van der Waals surface area contributed by atoms with Gasteiger partial charge in [0, 0.05) is 72.2 Å². The summed E-state index contributed by atoms with van der Waals surface area (Å²) in [6.45, 7) is 70.7. The maximum atomic E-state index is 13.6. The van der Waals surface area contributed by atoms with Crippen LogP contribution in [0.15, 0.2) is 194 Å². The highest BCUT2D eigenvalue weighted by Crippen LogP contribution is 2.58. The first kappa shape index (κ1) is 108. The van der Waals surface area contributed by atoms with E-state index in [-0.39, 0.29) is 120 Å². The van der Waals surface area contributed by atoms with Crippen molar-refractivity contribution in [3.63, 3.8) is 0 Å². The first-order valence-corrected chi connectivity index (χ1v) is 51.7. The Balaban J connectivity index is 0.000000158. The molecular formula is C129H154O16. The van der Waals surface area contributed by atoms with Crippen molar-refractivity contribution < 1.29 is 76.9 Å². The predicted molar refractivity (Wildman–Crippen MR) is 579 cm³/mol. The van der Waals surface area contributed by atoms with Crippen molar-refractivity contribution in [3.8, 4) is 51.7 Å². The van der Waals surface area contributed by atoms with Crippen LogP contribution in [0.4, 0.5) is 0 Å². The summed E-state index contributed by atoms with van der Waals surface area (Å²) in [5.41, 5.74) is 22.0. The molecule has 766 valence electrons. The standard InChI is InChI=1S/C42H44O4.C39H50O6.2C24H30O3/c1-40(2,3)32-24-28(22-30-34(38(43)45-36(30)32)26-16-10-7-11-17-26)42(20-14-9-15-21-42)29-23-31-35(27-18-12-8-13-19-27)39(44)46-37(31)33(25-29)41(4,5)6;1-36(2,3)25-21-27-31(35(42)45-33(27)30(22-25)39(10,11)12)23-13-15-26(16-14-23)43-17-18-44-34(41)24-19-28(37(4,5)6)32(40)29(20-24)38(7,8)9;1-13-9-15(10-14(2)20(13)25)19-17-11-16(23(3,4)5)12-18(24(6,7)8)21(17)27-22(19)26;1-8-26-17-11-9-15(10-12-17)20-18-13-16(23(2,3)4)14-19(24(5,6)7)21(18)27-22(20)25/h7-8,10-13,16-19,22-25,34-35H,9,14-15,20-21H2,1-6H3;13-16,19-22,31,40H,17-18H2,1-12H3;9-12,19,25H,1-8H3;9-14,20H,8H2,1-7H3. The zero-order chi connectivity index (χ0) is 106. The Kier molecular flexibility index (Phi) is 29.8. The van der Waals surface area contributed by atoms with E-state index in [0.29, 0.717) is 52.0 Å². The molecule has 16 heteroatoms. The topological polar surface area (TPSA) is 217 Å². The number of phenolic OH excluding ortho intramolecular Hbond substituents is 2. The summed E-state index contributed by atoms with van der Waals surface area (Å²) in [5.74, 6) is 1.56. The molecule has 0 radical (unpaired) electrons. The Labute approximate surface area is 861 Å². The smallest absolute Gasteiger partial charge is 0.338 e. The fourth-order valence-electron chi connectivity index (χ4n) is 20.8. The number of carbonyl (C=O) groups is 6. The molecular weight excluding hydrogens is 1810 g/mol. The van der Waals surface area contributed by atoms with E-state index in [4.69, 9.17) is 37.9 Å². The fourth-order valence-corrected chi connectivity index (χ4v) is 20.8. The molecule has 5 atom stereocenters. The van der Waals surface area contributed by atoms with Gasteiger partial charge in [-0.05, 0) is 203 Å². The van der Waals surface area contributed by atoms with Gasteiger partial charge < -0.3 is 48.1 Å². The highest BCUT2D eigenvalue weighted by atomic mass is 16.6. The molecule has 0 bridgehead atoms. The molecule has 1 aliphatic carbocycles. The third kappa shape index (κ3) is 22.7. The number of hydrogen-bond donors (Lipinski definition) is 2. The minimum atomic E-state index is -0.514.